The van der Waals surface area contributed by atoms with E-state index < -0.39 is 0 Å². The van der Waals surface area contributed by atoms with Crippen LogP contribution in [-0.2, 0) is 6.54 Å². The van der Waals surface area contributed by atoms with Gasteiger partial charge in [-0.3, -0.25) is 9.36 Å². The van der Waals surface area contributed by atoms with Crippen LogP contribution >= 0.6 is 22.7 Å². The van der Waals surface area contributed by atoms with Gasteiger partial charge in [0.2, 0.25) is 0 Å². The van der Waals surface area contributed by atoms with Gasteiger partial charge in [-0.05, 0) is 17.0 Å². The molecule has 0 amide bonds. The number of fused-ring (bicyclic) bond motifs is 1. The molecule has 132 valence electrons. The molecule has 0 unspecified atom stereocenters. The van der Waals surface area contributed by atoms with Gasteiger partial charge in [-0.25, -0.2) is 4.98 Å². The van der Waals surface area contributed by atoms with Crippen molar-refractivity contribution in [2.45, 2.75) is 6.54 Å². The van der Waals surface area contributed by atoms with E-state index in [1.807, 2.05) is 53.2 Å². The molecule has 0 aliphatic carbocycles. The number of thiophene rings is 2. The van der Waals surface area contributed by atoms with Crippen molar-refractivity contribution < 1.29 is 4.52 Å². The van der Waals surface area contributed by atoms with Gasteiger partial charge in [-0.15, -0.1) is 22.7 Å². The average molecular weight is 392 g/mol. The molecule has 0 atom stereocenters. The van der Waals surface area contributed by atoms with Crippen LogP contribution in [0.4, 0.5) is 0 Å². The van der Waals surface area contributed by atoms with Gasteiger partial charge >= 0.3 is 0 Å². The van der Waals surface area contributed by atoms with Crippen molar-refractivity contribution in [3.63, 3.8) is 0 Å². The van der Waals surface area contributed by atoms with E-state index in [-0.39, 0.29) is 12.1 Å². The molecule has 0 saturated heterocycles. The topological polar surface area (TPSA) is 73.8 Å². The third kappa shape index (κ3) is 2.88. The van der Waals surface area contributed by atoms with E-state index in [1.165, 1.54) is 33.6 Å². The predicted molar refractivity (Wildman–Crippen MR) is 106 cm³/mol. The second-order valence-electron chi connectivity index (χ2n) is 5.87. The SMILES string of the molecule is O=c1c2c(-c3ccccc3)csc2ncn1Cc1noc(-c2cccs2)n1. The first-order chi connectivity index (χ1) is 13.3. The number of hydrogen-bond acceptors (Lipinski definition) is 7. The van der Waals surface area contributed by atoms with Gasteiger partial charge in [0, 0.05) is 10.9 Å². The highest BCUT2D eigenvalue weighted by atomic mass is 32.1. The molecule has 0 aliphatic rings. The summed E-state index contributed by atoms with van der Waals surface area (Å²) in [6, 6.07) is 13.7. The molecule has 0 fully saturated rings. The van der Waals surface area contributed by atoms with Crippen molar-refractivity contribution in [2.24, 2.45) is 0 Å². The molecule has 0 aliphatic heterocycles. The summed E-state index contributed by atoms with van der Waals surface area (Å²) >= 11 is 2.99. The van der Waals surface area contributed by atoms with Crippen molar-refractivity contribution in [3.05, 3.63) is 75.7 Å². The Hall–Kier alpha value is -3.10. The lowest BCUT2D eigenvalue weighted by molar-refractivity contribution is 0.421. The standard InChI is InChI=1S/C19H12N4O2S2/c24-19-16-13(12-5-2-1-3-6-12)10-27-18(16)20-11-23(19)9-15-21-17(25-22-15)14-7-4-8-26-14/h1-8,10-11H,9H2. The molecule has 5 aromatic rings. The fourth-order valence-electron chi connectivity index (χ4n) is 2.88. The normalized spacial score (nSPS) is 11.3. The zero-order valence-electron chi connectivity index (χ0n) is 13.9. The zero-order valence-corrected chi connectivity index (χ0v) is 15.5. The minimum Gasteiger partial charge on any atom is -0.333 e. The number of rotatable bonds is 4. The van der Waals surface area contributed by atoms with Gasteiger partial charge in [0.25, 0.3) is 11.4 Å². The number of hydrogen-bond donors (Lipinski definition) is 0. The van der Waals surface area contributed by atoms with Gasteiger partial charge in [0.05, 0.1) is 23.1 Å². The molecule has 27 heavy (non-hydrogen) atoms. The highest BCUT2D eigenvalue weighted by molar-refractivity contribution is 7.17. The summed E-state index contributed by atoms with van der Waals surface area (Å²) in [7, 11) is 0. The second kappa shape index (κ2) is 6.57. The van der Waals surface area contributed by atoms with Crippen LogP contribution in [0.5, 0.6) is 0 Å². The first kappa shape index (κ1) is 16.1. The molecule has 0 N–H and O–H groups in total. The van der Waals surface area contributed by atoms with Crippen molar-refractivity contribution in [3.8, 4) is 21.9 Å². The van der Waals surface area contributed by atoms with Crippen LogP contribution in [-0.4, -0.2) is 19.7 Å². The Balaban J connectivity index is 1.55. The molecule has 5 rings (SSSR count). The van der Waals surface area contributed by atoms with Gasteiger partial charge in [0.15, 0.2) is 5.82 Å². The molecule has 6 nitrogen and oxygen atoms in total. The molecule has 0 spiro atoms. The smallest absolute Gasteiger partial charge is 0.268 e. The Labute approximate surface area is 161 Å². The summed E-state index contributed by atoms with van der Waals surface area (Å²) in [6.45, 7) is 0.209. The maximum Gasteiger partial charge on any atom is 0.268 e. The van der Waals surface area contributed by atoms with Crippen LogP contribution in [0.25, 0.3) is 32.1 Å². The molecule has 0 bridgehead atoms. The zero-order chi connectivity index (χ0) is 18.2. The highest BCUT2D eigenvalue weighted by Gasteiger charge is 2.15. The van der Waals surface area contributed by atoms with Crippen LogP contribution in [0.3, 0.4) is 0 Å². The van der Waals surface area contributed by atoms with E-state index in [0.29, 0.717) is 17.1 Å². The lowest BCUT2D eigenvalue weighted by Crippen LogP contribution is -2.21. The molecule has 4 heterocycles. The number of benzene rings is 1. The Morgan fingerprint density at radius 1 is 1.07 bits per heavy atom. The Kier molecular flexibility index (Phi) is 3.92. The highest BCUT2D eigenvalue weighted by Crippen LogP contribution is 2.30. The van der Waals surface area contributed by atoms with Crippen molar-refractivity contribution >= 4 is 32.9 Å². The fraction of sp³-hybridized carbons (Fsp3) is 0.0526. The lowest BCUT2D eigenvalue weighted by atomic mass is 10.1. The summed E-state index contributed by atoms with van der Waals surface area (Å²) in [6.07, 6.45) is 1.54. The minimum absolute atomic E-state index is 0.109. The van der Waals surface area contributed by atoms with Crippen LogP contribution in [0, 0.1) is 0 Å². The summed E-state index contributed by atoms with van der Waals surface area (Å²) < 4.78 is 6.82. The summed E-state index contributed by atoms with van der Waals surface area (Å²) in [5.74, 6) is 0.903. The summed E-state index contributed by atoms with van der Waals surface area (Å²) in [4.78, 5) is 23.5. The fourth-order valence-corrected chi connectivity index (χ4v) is 4.43. The number of aromatic nitrogens is 4. The average Bonchev–Trinajstić information content (AvgIpc) is 3.45. The summed E-state index contributed by atoms with van der Waals surface area (Å²) in [5.41, 5.74) is 1.79. The molecule has 4 aromatic heterocycles. The van der Waals surface area contributed by atoms with E-state index in [4.69, 9.17) is 4.52 Å². The first-order valence-electron chi connectivity index (χ1n) is 8.18. The third-order valence-electron chi connectivity index (χ3n) is 4.16. The maximum absolute atomic E-state index is 13.1. The Bertz CT molecular complexity index is 1270. The largest absolute Gasteiger partial charge is 0.333 e. The first-order valence-corrected chi connectivity index (χ1v) is 9.94. The molecule has 1 aromatic carbocycles. The minimum atomic E-state index is -0.109. The van der Waals surface area contributed by atoms with Gasteiger partial charge < -0.3 is 4.52 Å². The molecule has 0 radical (unpaired) electrons. The van der Waals surface area contributed by atoms with Crippen LogP contribution < -0.4 is 5.56 Å². The molecule has 8 heteroatoms. The van der Waals surface area contributed by atoms with Crippen molar-refractivity contribution in [2.75, 3.05) is 0 Å². The van der Waals surface area contributed by atoms with Crippen LogP contribution in [0.15, 0.2) is 68.9 Å². The molecular formula is C19H12N4O2S2. The lowest BCUT2D eigenvalue weighted by Gasteiger charge is -2.03. The van der Waals surface area contributed by atoms with Crippen LogP contribution in [0.1, 0.15) is 5.82 Å². The second-order valence-corrected chi connectivity index (χ2v) is 7.67. The van der Waals surface area contributed by atoms with E-state index in [9.17, 15) is 4.79 Å². The Morgan fingerprint density at radius 3 is 2.78 bits per heavy atom. The van der Waals surface area contributed by atoms with E-state index >= 15 is 0 Å². The summed E-state index contributed by atoms with van der Waals surface area (Å²) in [5, 5.41) is 8.54. The van der Waals surface area contributed by atoms with E-state index in [1.54, 1.807) is 0 Å². The Morgan fingerprint density at radius 2 is 1.96 bits per heavy atom. The van der Waals surface area contributed by atoms with Gasteiger partial charge in [0.1, 0.15) is 4.83 Å². The maximum atomic E-state index is 13.1. The van der Waals surface area contributed by atoms with Gasteiger partial charge in [-0.2, -0.15) is 4.98 Å². The quantitative estimate of drug-likeness (QED) is 0.456. The molecular weight excluding hydrogens is 380 g/mol. The van der Waals surface area contributed by atoms with Crippen molar-refractivity contribution in [1.29, 1.82) is 0 Å². The van der Waals surface area contributed by atoms with Gasteiger partial charge in [-0.1, -0.05) is 41.6 Å². The van der Waals surface area contributed by atoms with Crippen LogP contribution in [0.2, 0.25) is 0 Å². The van der Waals surface area contributed by atoms with Crippen molar-refractivity contribution in [1.82, 2.24) is 19.7 Å². The monoisotopic (exact) mass is 392 g/mol. The third-order valence-corrected chi connectivity index (χ3v) is 5.90. The number of nitrogens with zero attached hydrogens (tertiary/aromatic N) is 4. The predicted octanol–water partition coefficient (Wildman–Crippen LogP) is 4.28. The molecule has 0 saturated carbocycles. The van der Waals surface area contributed by atoms with E-state index in [2.05, 4.69) is 15.1 Å². The van der Waals surface area contributed by atoms with E-state index in [0.717, 1.165) is 20.8 Å².